The number of thioether (sulfide) groups is 1. The Labute approximate surface area is 229 Å². The summed E-state index contributed by atoms with van der Waals surface area (Å²) in [5.74, 6) is -0.560. The number of morpholine rings is 1. The van der Waals surface area contributed by atoms with Crippen molar-refractivity contribution in [2.75, 3.05) is 50.8 Å². The summed E-state index contributed by atoms with van der Waals surface area (Å²) in [6, 6.07) is 8.34. The number of anilines is 1. The molecule has 0 N–H and O–H groups in total. The lowest BCUT2D eigenvalue weighted by Gasteiger charge is -2.30. The first kappa shape index (κ1) is 26.1. The number of aromatic nitrogens is 1. The van der Waals surface area contributed by atoms with Crippen LogP contribution in [0.1, 0.15) is 36.2 Å². The summed E-state index contributed by atoms with van der Waals surface area (Å²) in [7, 11) is 0. The number of nitrogens with zero attached hydrogens (tertiary/aromatic N) is 4. The summed E-state index contributed by atoms with van der Waals surface area (Å²) in [4.78, 5) is 43.8. The number of carbonyl (C=O) groups is 3. The number of piperidine rings is 1. The molecule has 0 aliphatic carbocycles. The second kappa shape index (κ2) is 11.0. The van der Waals surface area contributed by atoms with Gasteiger partial charge in [-0.3, -0.25) is 19.3 Å². The lowest BCUT2D eigenvalue weighted by molar-refractivity contribution is -0.136. The summed E-state index contributed by atoms with van der Waals surface area (Å²) >= 11 is 4.65. The van der Waals surface area contributed by atoms with Gasteiger partial charge in [0, 0.05) is 47.7 Å². The molecule has 3 amide bonds. The van der Waals surface area contributed by atoms with Crippen LogP contribution in [0.4, 0.5) is 10.5 Å². The van der Waals surface area contributed by atoms with Gasteiger partial charge in [0.15, 0.2) is 0 Å². The van der Waals surface area contributed by atoms with E-state index in [2.05, 4.69) is 43.6 Å². The standard InChI is InChI=1S/C27H31BrN4O4S/c1-18-14-20(15-24-26(34)31(27(35)37-24)17-25(33)30-8-4-3-5-9-30)19(2)32(18)21-6-7-23(22(28)16-21)29-10-12-36-13-11-29/h6-7,14-16H,3-5,8-13,17H2,1-2H3/b24-15-. The topological polar surface area (TPSA) is 75.1 Å². The zero-order chi connectivity index (χ0) is 26.1. The first-order chi connectivity index (χ1) is 17.8. The van der Waals surface area contributed by atoms with Gasteiger partial charge >= 0.3 is 0 Å². The molecule has 0 saturated carbocycles. The average molecular weight is 588 g/mol. The van der Waals surface area contributed by atoms with E-state index < -0.39 is 11.1 Å². The normalized spacial score (nSPS) is 19.9. The monoisotopic (exact) mass is 586 g/mol. The largest absolute Gasteiger partial charge is 0.378 e. The second-order valence-corrected chi connectivity index (χ2v) is 11.5. The van der Waals surface area contributed by atoms with Crippen molar-refractivity contribution in [3.63, 3.8) is 0 Å². The molecule has 5 rings (SSSR count). The average Bonchev–Trinajstić information content (AvgIpc) is 3.33. The molecule has 0 radical (unpaired) electrons. The van der Waals surface area contributed by atoms with Crippen LogP contribution >= 0.6 is 27.7 Å². The van der Waals surface area contributed by atoms with E-state index in [-0.39, 0.29) is 12.5 Å². The third-order valence-corrected chi connectivity index (χ3v) is 8.72. The molecular formula is C27H31BrN4O4S. The molecule has 3 saturated heterocycles. The minimum Gasteiger partial charge on any atom is -0.378 e. The van der Waals surface area contributed by atoms with Crippen LogP contribution in [0.3, 0.4) is 0 Å². The number of likely N-dealkylation sites (tertiary alicyclic amines) is 1. The molecular weight excluding hydrogens is 556 g/mol. The Morgan fingerprint density at radius 2 is 1.78 bits per heavy atom. The van der Waals surface area contributed by atoms with Crippen molar-refractivity contribution in [1.29, 1.82) is 0 Å². The number of hydrogen-bond donors (Lipinski definition) is 0. The van der Waals surface area contributed by atoms with Crippen molar-refractivity contribution in [1.82, 2.24) is 14.4 Å². The van der Waals surface area contributed by atoms with Crippen LogP contribution in [-0.4, -0.2) is 77.4 Å². The lowest BCUT2D eigenvalue weighted by atomic mass is 10.1. The molecule has 196 valence electrons. The summed E-state index contributed by atoms with van der Waals surface area (Å²) < 4.78 is 8.63. The lowest BCUT2D eigenvalue weighted by Crippen LogP contribution is -2.44. The maximum atomic E-state index is 13.1. The highest BCUT2D eigenvalue weighted by molar-refractivity contribution is 9.10. The number of benzene rings is 1. The molecule has 37 heavy (non-hydrogen) atoms. The molecule has 10 heteroatoms. The fraction of sp³-hybridized carbons (Fsp3) is 0.444. The highest BCUT2D eigenvalue weighted by atomic mass is 79.9. The minimum atomic E-state index is -0.400. The molecule has 3 aliphatic rings. The van der Waals surface area contributed by atoms with E-state index >= 15 is 0 Å². The molecule has 4 heterocycles. The number of amides is 3. The van der Waals surface area contributed by atoms with Crippen LogP contribution in [0.15, 0.2) is 33.6 Å². The van der Waals surface area contributed by atoms with E-state index in [9.17, 15) is 14.4 Å². The van der Waals surface area contributed by atoms with E-state index in [1.54, 1.807) is 11.0 Å². The van der Waals surface area contributed by atoms with Crippen LogP contribution < -0.4 is 4.90 Å². The number of aryl methyl sites for hydroxylation is 1. The molecule has 3 aliphatic heterocycles. The van der Waals surface area contributed by atoms with Crippen molar-refractivity contribution < 1.29 is 19.1 Å². The third-order valence-electron chi connectivity index (χ3n) is 7.17. The quantitative estimate of drug-likeness (QED) is 0.471. The fourth-order valence-electron chi connectivity index (χ4n) is 5.18. The highest BCUT2D eigenvalue weighted by Gasteiger charge is 2.37. The Balaban J connectivity index is 1.35. The number of ether oxygens (including phenoxy) is 1. The molecule has 8 nitrogen and oxygen atoms in total. The molecule has 1 aromatic carbocycles. The van der Waals surface area contributed by atoms with Crippen LogP contribution in [0.2, 0.25) is 0 Å². The van der Waals surface area contributed by atoms with Gasteiger partial charge in [0.1, 0.15) is 6.54 Å². The maximum Gasteiger partial charge on any atom is 0.294 e. The third kappa shape index (κ3) is 5.37. The SMILES string of the molecule is Cc1cc(/C=C2\SC(=O)N(CC(=O)N3CCCCC3)C2=O)c(C)n1-c1ccc(N2CCOCC2)c(Br)c1. The first-order valence-electron chi connectivity index (χ1n) is 12.7. The van der Waals surface area contributed by atoms with Crippen LogP contribution in [0.25, 0.3) is 11.8 Å². The first-order valence-corrected chi connectivity index (χ1v) is 14.3. The Kier molecular flexibility index (Phi) is 7.78. The van der Waals surface area contributed by atoms with E-state index in [1.165, 1.54) is 0 Å². The second-order valence-electron chi connectivity index (χ2n) is 9.61. The van der Waals surface area contributed by atoms with E-state index in [1.807, 2.05) is 19.9 Å². The van der Waals surface area contributed by atoms with Gasteiger partial charge in [-0.2, -0.15) is 0 Å². The number of imide groups is 1. The summed E-state index contributed by atoms with van der Waals surface area (Å²) in [5.41, 5.74) is 5.02. The zero-order valence-electron chi connectivity index (χ0n) is 21.2. The van der Waals surface area contributed by atoms with Crippen LogP contribution in [0.5, 0.6) is 0 Å². The molecule has 0 unspecified atom stereocenters. The number of rotatable bonds is 5. The van der Waals surface area contributed by atoms with E-state index in [0.717, 1.165) is 95.0 Å². The van der Waals surface area contributed by atoms with Gasteiger partial charge < -0.3 is 19.1 Å². The summed E-state index contributed by atoms with van der Waals surface area (Å²) in [6.07, 6.45) is 4.82. The number of hydrogen-bond acceptors (Lipinski definition) is 6. The Hall–Kier alpha value is -2.56. The van der Waals surface area contributed by atoms with Crippen molar-refractivity contribution in [2.24, 2.45) is 0 Å². The van der Waals surface area contributed by atoms with Gasteiger partial charge in [-0.05, 0) is 96.7 Å². The molecule has 0 spiro atoms. The van der Waals surface area contributed by atoms with Gasteiger partial charge in [-0.15, -0.1) is 0 Å². The summed E-state index contributed by atoms with van der Waals surface area (Å²) in [5, 5.41) is -0.391. The number of carbonyl (C=O) groups excluding carboxylic acids is 3. The van der Waals surface area contributed by atoms with Crippen molar-refractivity contribution >= 4 is 56.5 Å². The minimum absolute atomic E-state index is 0.160. The van der Waals surface area contributed by atoms with E-state index in [0.29, 0.717) is 18.0 Å². The van der Waals surface area contributed by atoms with Crippen molar-refractivity contribution in [3.8, 4) is 5.69 Å². The predicted molar refractivity (Wildman–Crippen MR) is 149 cm³/mol. The Morgan fingerprint density at radius 1 is 1.05 bits per heavy atom. The van der Waals surface area contributed by atoms with Gasteiger partial charge in [-0.1, -0.05) is 0 Å². The maximum absolute atomic E-state index is 13.1. The molecule has 0 atom stereocenters. The number of halogens is 1. The predicted octanol–water partition coefficient (Wildman–Crippen LogP) is 4.74. The van der Waals surface area contributed by atoms with Crippen molar-refractivity contribution in [2.45, 2.75) is 33.1 Å². The molecule has 2 aromatic rings. The van der Waals surface area contributed by atoms with Gasteiger partial charge in [0.05, 0.1) is 23.8 Å². The van der Waals surface area contributed by atoms with Gasteiger partial charge in [0.2, 0.25) is 5.91 Å². The smallest absolute Gasteiger partial charge is 0.294 e. The Morgan fingerprint density at radius 3 is 2.49 bits per heavy atom. The Bertz CT molecular complexity index is 1260. The van der Waals surface area contributed by atoms with Crippen LogP contribution in [0, 0.1) is 13.8 Å². The van der Waals surface area contributed by atoms with Crippen LogP contribution in [-0.2, 0) is 14.3 Å². The van der Waals surface area contributed by atoms with Crippen molar-refractivity contribution in [3.05, 3.63) is 50.6 Å². The zero-order valence-corrected chi connectivity index (χ0v) is 23.6. The van der Waals surface area contributed by atoms with Gasteiger partial charge in [-0.25, -0.2) is 0 Å². The molecule has 3 fully saturated rings. The molecule has 0 bridgehead atoms. The van der Waals surface area contributed by atoms with E-state index in [4.69, 9.17) is 4.74 Å². The molecule has 1 aromatic heterocycles. The highest BCUT2D eigenvalue weighted by Crippen LogP contribution is 2.35. The summed E-state index contributed by atoms with van der Waals surface area (Å²) in [6.45, 7) is 8.41. The fourth-order valence-corrected chi connectivity index (χ4v) is 6.63. The van der Waals surface area contributed by atoms with Gasteiger partial charge in [0.25, 0.3) is 11.1 Å².